The van der Waals surface area contributed by atoms with Gasteiger partial charge in [-0.15, -0.1) is 0 Å². The predicted octanol–water partition coefficient (Wildman–Crippen LogP) is 4.85. The third kappa shape index (κ3) is 3.47. The molecule has 1 aromatic carbocycles. The summed E-state index contributed by atoms with van der Waals surface area (Å²) in [6, 6.07) is 7.75. The molecule has 1 N–H and O–H groups in total. The number of likely N-dealkylation sites (tertiary alicyclic amines) is 1. The lowest BCUT2D eigenvalue weighted by atomic mass is 9.72. The molecule has 2 heterocycles. The van der Waals surface area contributed by atoms with Crippen LogP contribution in [0.25, 0.3) is 10.9 Å². The van der Waals surface area contributed by atoms with E-state index < -0.39 is 0 Å². The Kier molecular flexibility index (Phi) is 5.61. The quantitative estimate of drug-likeness (QED) is 0.736. The normalized spacial score (nSPS) is 27.6. The number of rotatable bonds is 4. The summed E-state index contributed by atoms with van der Waals surface area (Å²) in [4.78, 5) is 15.9. The lowest BCUT2D eigenvalue weighted by molar-refractivity contribution is -0.128. The number of aromatic nitrogens is 1. The second-order valence-electron chi connectivity index (χ2n) is 9.78. The summed E-state index contributed by atoms with van der Waals surface area (Å²) in [5.41, 5.74) is 4.36. The zero-order valence-electron chi connectivity index (χ0n) is 18.7. The largest absolute Gasteiger partial charge is 0.353 e. The van der Waals surface area contributed by atoms with E-state index in [-0.39, 0.29) is 5.92 Å². The molecule has 4 nitrogen and oxygen atoms in total. The van der Waals surface area contributed by atoms with Gasteiger partial charge in [0.25, 0.3) is 0 Å². The lowest BCUT2D eigenvalue weighted by Crippen LogP contribution is -2.53. The maximum atomic E-state index is 13.3. The molecule has 2 aromatic rings. The number of piperidine rings is 1. The number of fused-ring (bicyclic) bond motifs is 2. The Balaban J connectivity index is 1.42. The van der Waals surface area contributed by atoms with Crippen molar-refractivity contribution in [1.82, 2.24) is 14.8 Å². The average Bonchev–Trinajstić information content (AvgIpc) is 2.94. The van der Waals surface area contributed by atoms with Crippen LogP contribution in [0.4, 0.5) is 0 Å². The molecular formula is C26H37N3O. The lowest BCUT2D eigenvalue weighted by Gasteiger charge is -2.46. The highest BCUT2D eigenvalue weighted by atomic mass is 16.2. The minimum Gasteiger partial charge on any atom is -0.353 e. The summed E-state index contributed by atoms with van der Waals surface area (Å²) in [6.45, 7) is 7.44. The molecule has 0 bridgehead atoms. The van der Waals surface area contributed by atoms with Crippen LogP contribution in [0.1, 0.15) is 75.8 Å². The summed E-state index contributed by atoms with van der Waals surface area (Å²) >= 11 is 0. The summed E-state index contributed by atoms with van der Waals surface area (Å²) < 4.78 is 2.40. The summed E-state index contributed by atoms with van der Waals surface area (Å²) in [5, 5.41) is 4.93. The van der Waals surface area contributed by atoms with Crippen LogP contribution in [0.5, 0.6) is 0 Å². The maximum absolute atomic E-state index is 13.3. The number of aryl methyl sites for hydroxylation is 1. The summed E-state index contributed by atoms with van der Waals surface area (Å²) in [7, 11) is 0. The first-order chi connectivity index (χ1) is 14.7. The van der Waals surface area contributed by atoms with Crippen LogP contribution in [0.2, 0.25) is 0 Å². The zero-order chi connectivity index (χ0) is 20.7. The van der Waals surface area contributed by atoms with Crippen molar-refractivity contribution in [3.05, 3.63) is 35.5 Å². The number of nitrogens with zero attached hydrogens (tertiary/aromatic N) is 2. The molecule has 30 heavy (non-hydrogen) atoms. The first-order valence-electron chi connectivity index (χ1n) is 12.3. The fraction of sp³-hybridized carbons (Fsp3) is 0.654. The number of nitrogens with one attached hydrogen (secondary N) is 1. The molecule has 1 aliphatic heterocycles. The van der Waals surface area contributed by atoms with Gasteiger partial charge >= 0.3 is 0 Å². The first kappa shape index (κ1) is 20.1. The Morgan fingerprint density at radius 1 is 1.10 bits per heavy atom. The Bertz CT molecular complexity index is 908. The molecule has 4 heteroatoms. The van der Waals surface area contributed by atoms with E-state index in [4.69, 9.17) is 0 Å². The van der Waals surface area contributed by atoms with Gasteiger partial charge in [0.1, 0.15) is 0 Å². The number of benzene rings is 1. The van der Waals surface area contributed by atoms with Crippen molar-refractivity contribution < 1.29 is 4.79 Å². The van der Waals surface area contributed by atoms with Crippen molar-refractivity contribution in [3.63, 3.8) is 0 Å². The highest BCUT2D eigenvalue weighted by Gasteiger charge is 2.42. The van der Waals surface area contributed by atoms with Crippen LogP contribution in [-0.4, -0.2) is 40.5 Å². The molecule has 2 aliphatic carbocycles. The topological polar surface area (TPSA) is 37.3 Å². The maximum Gasteiger partial charge on any atom is 0.224 e. The number of hydrogen-bond acceptors (Lipinski definition) is 2. The number of carbonyl (C=O) groups is 1. The van der Waals surface area contributed by atoms with Gasteiger partial charge in [0.15, 0.2) is 0 Å². The molecule has 0 spiro atoms. The summed E-state index contributed by atoms with van der Waals surface area (Å²) in [6.07, 6.45) is 12.0. The Labute approximate surface area is 181 Å². The SMILES string of the molecule is CCN1C[C@H](C(=O)NC2CCCCCC2)C[C@@H]2c3cccc4c3c(cn4CC)C[C@H]21. The van der Waals surface area contributed by atoms with Crippen LogP contribution in [-0.2, 0) is 17.8 Å². The van der Waals surface area contributed by atoms with Gasteiger partial charge in [-0.25, -0.2) is 0 Å². The molecule has 1 amide bonds. The van der Waals surface area contributed by atoms with Gasteiger partial charge in [0.05, 0.1) is 5.92 Å². The van der Waals surface area contributed by atoms with E-state index in [1.54, 1.807) is 0 Å². The van der Waals surface area contributed by atoms with E-state index in [1.807, 2.05) is 0 Å². The molecular weight excluding hydrogens is 370 g/mol. The molecule has 0 unspecified atom stereocenters. The van der Waals surface area contributed by atoms with Crippen LogP contribution in [0, 0.1) is 5.92 Å². The number of hydrogen-bond donors (Lipinski definition) is 1. The molecule has 0 radical (unpaired) electrons. The predicted molar refractivity (Wildman–Crippen MR) is 123 cm³/mol. The van der Waals surface area contributed by atoms with E-state index in [1.165, 1.54) is 47.7 Å². The Morgan fingerprint density at radius 2 is 1.90 bits per heavy atom. The van der Waals surface area contributed by atoms with Gasteiger partial charge in [-0.2, -0.15) is 0 Å². The minimum atomic E-state index is 0.111. The first-order valence-corrected chi connectivity index (χ1v) is 12.3. The van der Waals surface area contributed by atoms with Crippen LogP contribution in [0.3, 0.4) is 0 Å². The van der Waals surface area contributed by atoms with Crippen LogP contribution < -0.4 is 5.32 Å². The molecule has 1 aromatic heterocycles. The zero-order valence-corrected chi connectivity index (χ0v) is 18.7. The van der Waals surface area contributed by atoms with Gasteiger partial charge in [0.2, 0.25) is 5.91 Å². The van der Waals surface area contributed by atoms with Crippen molar-refractivity contribution >= 4 is 16.8 Å². The molecule has 3 atom stereocenters. The number of carbonyl (C=O) groups excluding carboxylic acids is 1. The van der Waals surface area contributed by atoms with Crippen LogP contribution in [0.15, 0.2) is 24.4 Å². The van der Waals surface area contributed by atoms with E-state index in [9.17, 15) is 4.79 Å². The van der Waals surface area contributed by atoms with Gasteiger partial charge in [-0.1, -0.05) is 44.7 Å². The fourth-order valence-electron chi connectivity index (χ4n) is 6.53. The standard InChI is InChI=1S/C26H37N3O/c1-3-28-16-18-15-24-22(21-12-9-13-23(28)25(18)21)14-19(17-29(24)4-2)26(30)27-20-10-7-5-6-8-11-20/h9,12-13,16,19-20,22,24H,3-8,10-11,14-15,17H2,1-2H3,(H,27,30)/t19-,22-,24-/m1/s1. The second-order valence-corrected chi connectivity index (χ2v) is 9.78. The third-order valence-corrected chi connectivity index (χ3v) is 8.09. The van der Waals surface area contributed by atoms with E-state index in [0.717, 1.165) is 45.3 Å². The molecule has 3 aliphatic rings. The molecule has 5 rings (SSSR count). The second kappa shape index (κ2) is 8.37. The van der Waals surface area contributed by atoms with Gasteiger partial charge < -0.3 is 9.88 Å². The van der Waals surface area contributed by atoms with Crippen molar-refractivity contribution in [2.45, 2.75) is 89.8 Å². The van der Waals surface area contributed by atoms with Gasteiger partial charge in [0, 0.05) is 48.2 Å². The van der Waals surface area contributed by atoms with E-state index in [0.29, 0.717) is 23.9 Å². The Hall–Kier alpha value is -1.81. The third-order valence-electron chi connectivity index (χ3n) is 8.09. The smallest absolute Gasteiger partial charge is 0.224 e. The minimum absolute atomic E-state index is 0.111. The van der Waals surface area contributed by atoms with Crippen LogP contribution >= 0.6 is 0 Å². The van der Waals surface area contributed by atoms with Gasteiger partial charge in [-0.05, 0) is 56.3 Å². The average molecular weight is 408 g/mol. The van der Waals surface area contributed by atoms with Crippen molar-refractivity contribution in [1.29, 1.82) is 0 Å². The highest BCUT2D eigenvalue weighted by molar-refractivity contribution is 5.89. The number of likely N-dealkylation sites (N-methyl/N-ethyl adjacent to an activating group) is 1. The van der Waals surface area contributed by atoms with Gasteiger partial charge in [-0.3, -0.25) is 9.69 Å². The van der Waals surface area contributed by atoms with Crippen molar-refractivity contribution in [3.8, 4) is 0 Å². The van der Waals surface area contributed by atoms with E-state index >= 15 is 0 Å². The van der Waals surface area contributed by atoms with Crippen molar-refractivity contribution in [2.75, 3.05) is 13.1 Å². The molecule has 162 valence electrons. The highest BCUT2D eigenvalue weighted by Crippen LogP contribution is 2.45. The fourth-order valence-corrected chi connectivity index (χ4v) is 6.53. The molecule has 1 saturated carbocycles. The Morgan fingerprint density at radius 3 is 2.63 bits per heavy atom. The van der Waals surface area contributed by atoms with E-state index in [2.05, 4.69) is 53.0 Å². The van der Waals surface area contributed by atoms with Crippen molar-refractivity contribution in [2.24, 2.45) is 5.92 Å². The molecule has 2 fully saturated rings. The monoisotopic (exact) mass is 407 g/mol. The molecule has 1 saturated heterocycles. The number of amides is 1. The summed E-state index contributed by atoms with van der Waals surface area (Å²) in [5.74, 6) is 0.884.